The first kappa shape index (κ1) is 23.3. The molecule has 0 aliphatic rings. The minimum atomic E-state index is -3.79. The van der Waals surface area contributed by atoms with Crippen LogP contribution in [0.15, 0.2) is 23.1 Å². The van der Waals surface area contributed by atoms with Gasteiger partial charge in [0.1, 0.15) is 5.82 Å². The van der Waals surface area contributed by atoms with Crippen molar-refractivity contribution in [1.29, 1.82) is 0 Å². The first-order valence-electron chi connectivity index (χ1n) is 10.00. The van der Waals surface area contributed by atoms with Crippen LogP contribution in [0.3, 0.4) is 0 Å². The summed E-state index contributed by atoms with van der Waals surface area (Å²) in [5.74, 6) is 0.775. The first-order valence-corrected chi connectivity index (χ1v) is 11.5. The number of nitrogens with two attached hydrogens (primary N) is 1. The number of amides is 1. The number of hydrogen-bond donors (Lipinski definition) is 2. The number of hydrogen-bond acceptors (Lipinski definition) is 5. The Balaban J connectivity index is 2.34. The van der Waals surface area contributed by atoms with Crippen LogP contribution in [-0.4, -0.2) is 47.4 Å². The van der Waals surface area contributed by atoms with Gasteiger partial charge in [0.25, 0.3) is 0 Å². The molecule has 0 aliphatic heterocycles. The van der Waals surface area contributed by atoms with Gasteiger partial charge in [0.05, 0.1) is 29.0 Å². The molecular weight excluding hydrogens is 390 g/mol. The highest BCUT2D eigenvalue weighted by Crippen LogP contribution is 2.22. The molecule has 0 saturated heterocycles. The molecule has 3 N–H and O–H groups in total. The molecule has 0 aliphatic carbocycles. The van der Waals surface area contributed by atoms with Gasteiger partial charge in [-0.2, -0.15) is 0 Å². The van der Waals surface area contributed by atoms with E-state index >= 15 is 0 Å². The minimum Gasteiger partial charge on any atom is -0.350 e. The molecule has 29 heavy (non-hydrogen) atoms. The Morgan fingerprint density at radius 3 is 2.52 bits per heavy atom. The molecule has 0 fully saturated rings. The lowest BCUT2D eigenvalue weighted by molar-refractivity contribution is -0.123. The van der Waals surface area contributed by atoms with Gasteiger partial charge in [-0.05, 0) is 51.9 Å². The molecule has 0 unspecified atom stereocenters. The van der Waals surface area contributed by atoms with Crippen molar-refractivity contribution < 1.29 is 13.2 Å². The summed E-state index contributed by atoms with van der Waals surface area (Å²) < 4.78 is 25.5. The van der Waals surface area contributed by atoms with Crippen molar-refractivity contribution in [3.8, 4) is 0 Å². The van der Waals surface area contributed by atoms with Crippen molar-refractivity contribution in [2.24, 2.45) is 5.14 Å². The van der Waals surface area contributed by atoms with Gasteiger partial charge < -0.3 is 9.88 Å². The van der Waals surface area contributed by atoms with Crippen molar-refractivity contribution in [3.05, 3.63) is 24.0 Å². The summed E-state index contributed by atoms with van der Waals surface area (Å²) in [6.07, 6.45) is 2.01. The second-order valence-corrected chi connectivity index (χ2v) is 9.89. The normalized spacial score (nSPS) is 12.7. The molecule has 1 heterocycles. The number of imidazole rings is 1. The van der Waals surface area contributed by atoms with E-state index in [4.69, 9.17) is 5.14 Å². The quantitative estimate of drug-likeness (QED) is 0.642. The highest BCUT2D eigenvalue weighted by atomic mass is 32.2. The maximum atomic E-state index is 12.3. The van der Waals surface area contributed by atoms with Gasteiger partial charge in [-0.15, -0.1) is 0 Å². The van der Waals surface area contributed by atoms with Gasteiger partial charge in [0.15, 0.2) is 0 Å². The third kappa shape index (κ3) is 6.52. The first-order chi connectivity index (χ1) is 13.4. The summed E-state index contributed by atoms with van der Waals surface area (Å²) in [4.78, 5) is 19.1. The van der Waals surface area contributed by atoms with Crippen LogP contribution in [0.5, 0.6) is 0 Å². The zero-order chi connectivity index (χ0) is 21.8. The number of fused-ring (bicyclic) bond motifs is 1. The number of carbonyl (C=O) groups is 1. The minimum absolute atomic E-state index is 0.0351. The number of rotatable bonds is 9. The molecule has 0 radical (unpaired) electrons. The fraction of sp³-hybridized carbons (Fsp3) is 0.600. The lowest BCUT2D eigenvalue weighted by Crippen LogP contribution is -2.45. The summed E-state index contributed by atoms with van der Waals surface area (Å²) in [5.41, 5.74) is 1.18. The van der Waals surface area contributed by atoms with Gasteiger partial charge in [-0.1, -0.05) is 20.3 Å². The third-order valence-corrected chi connectivity index (χ3v) is 5.47. The molecule has 1 aromatic carbocycles. The van der Waals surface area contributed by atoms with E-state index in [1.165, 1.54) is 12.1 Å². The maximum Gasteiger partial charge on any atom is 0.238 e. The average molecular weight is 424 g/mol. The Morgan fingerprint density at radius 1 is 1.28 bits per heavy atom. The van der Waals surface area contributed by atoms with E-state index in [1.54, 1.807) is 6.07 Å². The Bertz CT molecular complexity index is 960. The number of likely N-dealkylation sites (N-methyl/N-ethyl adjacent to an activating group) is 1. The molecule has 2 rings (SSSR count). The van der Waals surface area contributed by atoms with E-state index in [0.717, 1.165) is 30.7 Å². The summed E-state index contributed by atoms with van der Waals surface area (Å²) in [5, 5.41) is 8.25. The number of benzene rings is 1. The van der Waals surface area contributed by atoms with Crippen molar-refractivity contribution in [2.75, 3.05) is 13.1 Å². The fourth-order valence-corrected chi connectivity index (χ4v) is 3.70. The molecule has 8 nitrogen and oxygen atoms in total. The standard InChI is InChI=1S/C20H33N5O3S/c1-6-8-11-25-17-10-9-15(29(21,27)28)12-16(17)22-18(25)13-24(7-2)14-19(26)23-20(3,4)5/h9-10,12H,6-8,11,13-14H2,1-5H3,(H,23,26)(H2,21,27,28). The number of primary sulfonamides is 1. The zero-order valence-corrected chi connectivity index (χ0v) is 18.8. The van der Waals surface area contributed by atoms with E-state index in [-0.39, 0.29) is 22.9 Å². The summed E-state index contributed by atoms with van der Waals surface area (Å²) >= 11 is 0. The lowest BCUT2D eigenvalue weighted by Gasteiger charge is -2.25. The van der Waals surface area contributed by atoms with Gasteiger partial charge in [0, 0.05) is 12.1 Å². The number of nitrogens with zero attached hydrogens (tertiary/aromatic N) is 3. The molecule has 162 valence electrons. The van der Waals surface area contributed by atoms with Crippen LogP contribution < -0.4 is 10.5 Å². The van der Waals surface area contributed by atoms with Crippen LogP contribution in [0, 0.1) is 0 Å². The molecule has 2 aromatic rings. The van der Waals surface area contributed by atoms with Gasteiger partial charge in [-0.3, -0.25) is 9.69 Å². The Hall–Kier alpha value is -1.97. The van der Waals surface area contributed by atoms with Crippen molar-refractivity contribution in [1.82, 2.24) is 19.8 Å². The molecule has 9 heteroatoms. The predicted octanol–water partition coefficient (Wildman–Crippen LogP) is 2.22. The van der Waals surface area contributed by atoms with Crippen LogP contribution in [0.2, 0.25) is 0 Å². The number of aromatic nitrogens is 2. The highest BCUT2D eigenvalue weighted by Gasteiger charge is 2.19. The maximum absolute atomic E-state index is 12.3. The second kappa shape index (κ2) is 9.23. The Morgan fingerprint density at radius 2 is 1.97 bits per heavy atom. The van der Waals surface area contributed by atoms with Crippen molar-refractivity contribution in [3.63, 3.8) is 0 Å². The average Bonchev–Trinajstić information content (AvgIpc) is 2.93. The largest absolute Gasteiger partial charge is 0.350 e. The topological polar surface area (TPSA) is 110 Å². The number of aryl methyl sites for hydroxylation is 1. The number of nitrogens with one attached hydrogen (secondary N) is 1. The van der Waals surface area contributed by atoms with Crippen LogP contribution in [0.25, 0.3) is 11.0 Å². The van der Waals surface area contributed by atoms with E-state index < -0.39 is 10.0 Å². The van der Waals surface area contributed by atoms with E-state index in [0.29, 0.717) is 18.6 Å². The molecule has 1 aromatic heterocycles. The van der Waals surface area contributed by atoms with Crippen LogP contribution in [0.1, 0.15) is 53.3 Å². The smallest absolute Gasteiger partial charge is 0.238 e. The van der Waals surface area contributed by atoms with Crippen molar-refractivity contribution >= 4 is 27.0 Å². The Labute approximate surface area is 173 Å². The van der Waals surface area contributed by atoms with E-state index in [9.17, 15) is 13.2 Å². The lowest BCUT2D eigenvalue weighted by atomic mass is 10.1. The van der Waals surface area contributed by atoms with Crippen LogP contribution >= 0.6 is 0 Å². The van der Waals surface area contributed by atoms with Crippen LogP contribution in [-0.2, 0) is 27.9 Å². The highest BCUT2D eigenvalue weighted by molar-refractivity contribution is 7.89. The second-order valence-electron chi connectivity index (χ2n) is 8.33. The predicted molar refractivity (Wildman–Crippen MR) is 115 cm³/mol. The van der Waals surface area contributed by atoms with Gasteiger partial charge in [0.2, 0.25) is 15.9 Å². The Kier molecular flexibility index (Phi) is 7.42. The number of sulfonamides is 1. The SMILES string of the molecule is CCCCn1c(CN(CC)CC(=O)NC(C)(C)C)nc2cc(S(N)(=O)=O)ccc21. The van der Waals surface area contributed by atoms with Crippen molar-refractivity contribution in [2.45, 2.75) is 71.0 Å². The van der Waals surface area contributed by atoms with Crippen LogP contribution in [0.4, 0.5) is 0 Å². The molecule has 0 atom stereocenters. The number of unbranched alkanes of at least 4 members (excludes halogenated alkanes) is 1. The molecule has 0 bridgehead atoms. The molecule has 0 saturated carbocycles. The molecule has 0 spiro atoms. The van der Waals surface area contributed by atoms with E-state index in [1.807, 2.05) is 32.6 Å². The number of carbonyl (C=O) groups excluding carboxylic acids is 1. The molecular formula is C20H33N5O3S. The fourth-order valence-electron chi connectivity index (χ4n) is 3.16. The molecule has 1 amide bonds. The summed E-state index contributed by atoms with van der Waals surface area (Å²) in [6.45, 7) is 12.2. The monoisotopic (exact) mass is 423 g/mol. The van der Waals surface area contributed by atoms with Gasteiger partial charge in [-0.25, -0.2) is 18.5 Å². The summed E-state index contributed by atoms with van der Waals surface area (Å²) in [6, 6.07) is 4.78. The third-order valence-electron chi connectivity index (χ3n) is 4.56. The van der Waals surface area contributed by atoms with E-state index in [2.05, 4.69) is 21.8 Å². The summed E-state index contributed by atoms with van der Waals surface area (Å²) in [7, 11) is -3.79. The van der Waals surface area contributed by atoms with Gasteiger partial charge >= 0.3 is 0 Å². The zero-order valence-electron chi connectivity index (χ0n) is 18.0.